The summed E-state index contributed by atoms with van der Waals surface area (Å²) in [5, 5.41) is 5.89. The van der Waals surface area contributed by atoms with Crippen LogP contribution in [0.5, 0.6) is 0 Å². The predicted octanol–water partition coefficient (Wildman–Crippen LogP) is 0.265. The van der Waals surface area contributed by atoms with Gasteiger partial charge in [0.2, 0.25) is 5.91 Å². The fourth-order valence-corrected chi connectivity index (χ4v) is 1.10. The van der Waals surface area contributed by atoms with E-state index in [-0.39, 0.29) is 11.9 Å². The van der Waals surface area contributed by atoms with Gasteiger partial charge in [0.1, 0.15) is 6.04 Å². The number of β-lactam (4-membered cyclic amide) rings is 1. The summed E-state index contributed by atoms with van der Waals surface area (Å²) in [6.07, 6.45) is 3.67. The molecule has 3 heteroatoms. The Balaban J connectivity index is 1.91. The molecule has 0 aromatic rings. The Labute approximate surface area is 67.5 Å². The lowest BCUT2D eigenvalue weighted by molar-refractivity contribution is -0.128. The Hall–Kier alpha value is -0.570. The van der Waals surface area contributed by atoms with Gasteiger partial charge in [0.25, 0.3) is 0 Å². The van der Waals surface area contributed by atoms with Gasteiger partial charge in [-0.15, -0.1) is 0 Å². The minimum Gasteiger partial charge on any atom is -0.353 e. The third-order valence-corrected chi connectivity index (χ3v) is 1.97. The molecule has 0 spiro atoms. The molecular formula is C8H16N2O. The fourth-order valence-electron chi connectivity index (χ4n) is 1.10. The number of unbranched alkanes of at least 4 members (excludes halogenated alkanes) is 2. The average Bonchev–Trinajstić information content (AvgIpc) is 2.02. The predicted molar refractivity (Wildman–Crippen MR) is 44.3 cm³/mol. The van der Waals surface area contributed by atoms with Crippen molar-refractivity contribution in [1.82, 2.24) is 10.6 Å². The highest BCUT2D eigenvalue weighted by Gasteiger charge is 2.25. The lowest BCUT2D eigenvalue weighted by atomic mass is 10.1. The third kappa shape index (κ3) is 2.50. The number of carbonyl (C=O) groups excluding carboxylic acids is 1. The summed E-state index contributed by atoms with van der Waals surface area (Å²) in [6, 6.07) is 0.104. The molecule has 1 aliphatic heterocycles. The van der Waals surface area contributed by atoms with Gasteiger partial charge in [-0.3, -0.25) is 4.79 Å². The Morgan fingerprint density at radius 2 is 2.45 bits per heavy atom. The van der Waals surface area contributed by atoms with Gasteiger partial charge in [0.05, 0.1) is 0 Å². The molecule has 0 saturated carbocycles. The van der Waals surface area contributed by atoms with Crippen LogP contribution in [0.4, 0.5) is 0 Å². The van der Waals surface area contributed by atoms with Crippen LogP contribution < -0.4 is 10.6 Å². The minimum atomic E-state index is 0.104. The maximum Gasteiger partial charge on any atom is 0.239 e. The first-order valence-electron chi connectivity index (χ1n) is 4.35. The van der Waals surface area contributed by atoms with Crippen molar-refractivity contribution in [2.45, 2.75) is 32.2 Å². The van der Waals surface area contributed by atoms with Crippen LogP contribution in [0.2, 0.25) is 0 Å². The van der Waals surface area contributed by atoms with E-state index in [0.717, 1.165) is 13.1 Å². The van der Waals surface area contributed by atoms with E-state index in [1.54, 1.807) is 0 Å². The van der Waals surface area contributed by atoms with Crippen molar-refractivity contribution < 1.29 is 4.79 Å². The average molecular weight is 156 g/mol. The largest absolute Gasteiger partial charge is 0.353 e. The Morgan fingerprint density at radius 1 is 1.64 bits per heavy atom. The van der Waals surface area contributed by atoms with Gasteiger partial charge in [-0.1, -0.05) is 19.8 Å². The second-order valence-corrected chi connectivity index (χ2v) is 2.96. The van der Waals surface area contributed by atoms with Gasteiger partial charge < -0.3 is 10.6 Å². The van der Waals surface area contributed by atoms with Crippen LogP contribution >= 0.6 is 0 Å². The van der Waals surface area contributed by atoms with Crippen molar-refractivity contribution >= 4 is 5.91 Å². The lowest BCUT2D eigenvalue weighted by Gasteiger charge is -2.26. The van der Waals surface area contributed by atoms with Gasteiger partial charge >= 0.3 is 0 Å². The van der Waals surface area contributed by atoms with E-state index in [1.165, 1.54) is 19.3 Å². The van der Waals surface area contributed by atoms with Crippen molar-refractivity contribution in [1.29, 1.82) is 0 Å². The summed E-state index contributed by atoms with van der Waals surface area (Å²) in [4.78, 5) is 10.7. The van der Waals surface area contributed by atoms with Gasteiger partial charge in [-0.2, -0.15) is 0 Å². The van der Waals surface area contributed by atoms with Crippen molar-refractivity contribution in [3.63, 3.8) is 0 Å². The number of rotatable bonds is 5. The first-order valence-corrected chi connectivity index (χ1v) is 4.35. The molecule has 0 aliphatic carbocycles. The zero-order valence-electron chi connectivity index (χ0n) is 7.02. The highest BCUT2D eigenvalue weighted by molar-refractivity contribution is 5.87. The number of carbonyl (C=O) groups is 1. The SMILES string of the molecule is CCCCCN[C@H]1CNC1=O. The summed E-state index contributed by atoms with van der Waals surface area (Å²) < 4.78 is 0. The van der Waals surface area contributed by atoms with E-state index in [4.69, 9.17) is 0 Å². The van der Waals surface area contributed by atoms with Crippen molar-refractivity contribution in [3.8, 4) is 0 Å². The van der Waals surface area contributed by atoms with Crippen LogP contribution in [0.25, 0.3) is 0 Å². The summed E-state index contributed by atoms with van der Waals surface area (Å²) in [6.45, 7) is 3.97. The van der Waals surface area contributed by atoms with E-state index >= 15 is 0 Å². The van der Waals surface area contributed by atoms with Crippen LogP contribution in [0.3, 0.4) is 0 Å². The molecule has 0 aromatic carbocycles. The maximum atomic E-state index is 10.7. The molecule has 1 rings (SSSR count). The topological polar surface area (TPSA) is 41.1 Å². The van der Waals surface area contributed by atoms with Gasteiger partial charge in [-0.05, 0) is 13.0 Å². The van der Waals surface area contributed by atoms with Gasteiger partial charge in [0, 0.05) is 6.54 Å². The number of amides is 1. The molecule has 1 atom stereocenters. The second kappa shape index (κ2) is 4.34. The molecule has 64 valence electrons. The van der Waals surface area contributed by atoms with Gasteiger partial charge in [-0.25, -0.2) is 0 Å². The Morgan fingerprint density at radius 3 is 2.91 bits per heavy atom. The maximum absolute atomic E-state index is 10.7. The lowest BCUT2D eigenvalue weighted by Crippen LogP contribution is -2.60. The normalized spacial score (nSPS) is 22.6. The van der Waals surface area contributed by atoms with Gasteiger partial charge in [0.15, 0.2) is 0 Å². The minimum absolute atomic E-state index is 0.104. The van der Waals surface area contributed by atoms with Crippen LogP contribution in [0.1, 0.15) is 26.2 Å². The first-order chi connectivity index (χ1) is 5.34. The zero-order chi connectivity index (χ0) is 8.10. The Kier molecular flexibility index (Phi) is 3.36. The molecule has 2 N–H and O–H groups in total. The highest BCUT2D eigenvalue weighted by atomic mass is 16.2. The number of hydrogen-bond donors (Lipinski definition) is 2. The molecule has 0 aromatic heterocycles. The molecule has 11 heavy (non-hydrogen) atoms. The summed E-state index contributed by atoms with van der Waals surface area (Å²) >= 11 is 0. The molecular weight excluding hydrogens is 140 g/mol. The fraction of sp³-hybridized carbons (Fsp3) is 0.875. The van der Waals surface area contributed by atoms with Crippen LogP contribution in [-0.2, 0) is 4.79 Å². The van der Waals surface area contributed by atoms with Crippen molar-refractivity contribution in [2.24, 2.45) is 0 Å². The van der Waals surface area contributed by atoms with Crippen LogP contribution in [0.15, 0.2) is 0 Å². The third-order valence-electron chi connectivity index (χ3n) is 1.97. The molecule has 0 radical (unpaired) electrons. The van der Waals surface area contributed by atoms with Crippen molar-refractivity contribution in [2.75, 3.05) is 13.1 Å². The smallest absolute Gasteiger partial charge is 0.239 e. The molecule has 3 nitrogen and oxygen atoms in total. The standard InChI is InChI=1S/C8H16N2O/c1-2-3-4-5-9-7-6-10-8(7)11/h7,9H,2-6H2,1H3,(H,10,11)/t7-/m0/s1. The monoisotopic (exact) mass is 156 g/mol. The first kappa shape index (κ1) is 8.53. The molecule has 1 amide bonds. The summed E-state index contributed by atoms with van der Waals surface area (Å²) in [5.74, 6) is 0.154. The number of nitrogens with one attached hydrogen (secondary N) is 2. The van der Waals surface area contributed by atoms with E-state index in [1.807, 2.05) is 0 Å². The van der Waals surface area contributed by atoms with E-state index < -0.39 is 0 Å². The zero-order valence-corrected chi connectivity index (χ0v) is 7.02. The summed E-state index contributed by atoms with van der Waals surface area (Å²) in [5.41, 5.74) is 0. The number of hydrogen-bond acceptors (Lipinski definition) is 2. The van der Waals surface area contributed by atoms with Crippen LogP contribution in [0, 0.1) is 0 Å². The van der Waals surface area contributed by atoms with Crippen LogP contribution in [-0.4, -0.2) is 25.0 Å². The molecule has 1 aliphatic rings. The molecule has 1 saturated heterocycles. The molecule has 1 heterocycles. The van der Waals surface area contributed by atoms with E-state index in [2.05, 4.69) is 17.6 Å². The molecule has 0 unspecified atom stereocenters. The molecule has 0 bridgehead atoms. The van der Waals surface area contributed by atoms with E-state index in [9.17, 15) is 4.79 Å². The quantitative estimate of drug-likeness (QED) is 0.443. The Bertz CT molecular complexity index is 136. The second-order valence-electron chi connectivity index (χ2n) is 2.96. The molecule has 1 fully saturated rings. The summed E-state index contributed by atoms with van der Waals surface area (Å²) in [7, 11) is 0. The highest BCUT2D eigenvalue weighted by Crippen LogP contribution is 1.96. The van der Waals surface area contributed by atoms with Crippen molar-refractivity contribution in [3.05, 3.63) is 0 Å². The van der Waals surface area contributed by atoms with E-state index in [0.29, 0.717) is 0 Å².